The summed E-state index contributed by atoms with van der Waals surface area (Å²) < 4.78 is 92.7. The standard InChI is InChI=1S/C48H80O40/c49-1-9-17(54)20(57)28(65)44(76-9)86-38-14-6-73-41-31(68)23(60)36(12(4-52)79-41)84-47-34(71)26(63)39(87-45-29(66)21(58)18(55)10(2-50)77-45)15(82-47)7-74-42-32(69)24(61)37(13(5-53)80-42)85-48-35(72)27(64)40(16(83-48)8-75-43(81-14)33(70)25(38)62)88-46-30(67)22(59)19(56)11(3-51)78-46/h9-72H,1-8H2/t9-,10-,11-,12-,13-,14-,15-,16-,17-,18-,19-,20+,21+,22+,23-,24-,25-,26-,27-,28-,29-,30-,31-,32-,33-,34-,35-,36-,37-,38-,39-,40-,41+,42+,43+,44-,45-,46-,47-,48-/m1/s1. The van der Waals surface area contributed by atoms with E-state index in [1.54, 1.807) is 0 Å². The van der Waals surface area contributed by atoms with Gasteiger partial charge in [0, 0.05) is 0 Å². The van der Waals surface area contributed by atoms with Crippen molar-refractivity contribution in [2.45, 2.75) is 246 Å². The minimum atomic E-state index is -2.33. The number of rotatable bonds is 11. The lowest BCUT2D eigenvalue weighted by atomic mass is 9.95. The highest BCUT2D eigenvalue weighted by Crippen LogP contribution is 2.38. The van der Waals surface area contributed by atoms with Crippen molar-refractivity contribution in [1.82, 2.24) is 0 Å². The number of aliphatic hydroxyl groups is 24. The van der Waals surface area contributed by atoms with Crippen LogP contribution in [-0.4, -0.2) is 421 Å². The van der Waals surface area contributed by atoms with E-state index in [9.17, 15) is 123 Å². The molecule has 0 aliphatic carbocycles. The zero-order valence-corrected chi connectivity index (χ0v) is 46.0. The molecule has 11 rings (SSSR count). The number of aliphatic hydroxyl groups excluding tert-OH is 24. The van der Waals surface area contributed by atoms with Gasteiger partial charge in [-0.3, -0.25) is 0 Å². The van der Waals surface area contributed by atoms with Crippen molar-refractivity contribution in [3.63, 3.8) is 0 Å². The molecule has 0 radical (unpaired) electrons. The molecule has 11 aliphatic rings. The molecule has 40 atom stereocenters. The normalized spacial score (nSPS) is 55.4. The predicted molar refractivity (Wildman–Crippen MR) is 261 cm³/mol. The second-order valence-corrected chi connectivity index (χ2v) is 22.6. The number of hydrogen-bond acceptors (Lipinski definition) is 40. The third-order valence-electron chi connectivity index (χ3n) is 16.8. The van der Waals surface area contributed by atoms with E-state index < -0.39 is 299 Å². The fourth-order valence-electron chi connectivity index (χ4n) is 11.6. The Balaban J connectivity index is 1.06. The lowest BCUT2D eigenvalue weighted by molar-refractivity contribution is -0.390. The molecule has 40 heteroatoms. The van der Waals surface area contributed by atoms with Crippen LogP contribution in [0.2, 0.25) is 0 Å². The molecule has 0 aromatic heterocycles. The van der Waals surface area contributed by atoms with E-state index in [0.29, 0.717) is 0 Å². The zero-order valence-electron chi connectivity index (χ0n) is 46.0. The van der Waals surface area contributed by atoms with Gasteiger partial charge in [-0.2, -0.15) is 0 Å². The van der Waals surface area contributed by atoms with Crippen LogP contribution in [0.3, 0.4) is 0 Å². The largest absolute Gasteiger partial charge is 0.394 e. The summed E-state index contributed by atoms with van der Waals surface area (Å²) in [7, 11) is 0. The summed E-state index contributed by atoms with van der Waals surface area (Å²) in [5.74, 6) is 0. The zero-order chi connectivity index (χ0) is 64.1. The van der Waals surface area contributed by atoms with Crippen molar-refractivity contribution < 1.29 is 198 Å². The first-order valence-corrected chi connectivity index (χ1v) is 28.1. The molecule has 11 saturated heterocycles. The maximum atomic E-state index is 11.8. The van der Waals surface area contributed by atoms with E-state index >= 15 is 0 Å². The van der Waals surface area contributed by atoms with Gasteiger partial charge in [-0.05, 0) is 0 Å². The summed E-state index contributed by atoms with van der Waals surface area (Å²) in [6.45, 7) is -8.16. The molecule has 0 saturated carbocycles. The molecule has 10 bridgehead atoms. The van der Waals surface area contributed by atoms with Gasteiger partial charge in [0.2, 0.25) is 0 Å². The molecular weight excluding hydrogens is 1220 g/mol. The van der Waals surface area contributed by atoms with Gasteiger partial charge in [-0.15, -0.1) is 0 Å². The molecule has 40 nitrogen and oxygen atoms in total. The monoisotopic (exact) mass is 1300 g/mol. The van der Waals surface area contributed by atoms with Crippen molar-refractivity contribution in [3.05, 3.63) is 0 Å². The number of fused-ring (bicyclic) bond motifs is 2. The van der Waals surface area contributed by atoms with Crippen LogP contribution in [0, 0.1) is 0 Å². The first kappa shape index (κ1) is 70.7. The van der Waals surface area contributed by atoms with Crippen LogP contribution < -0.4 is 0 Å². The molecule has 11 heterocycles. The van der Waals surface area contributed by atoms with Crippen LogP contribution in [0.4, 0.5) is 0 Å². The molecule has 11 aliphatic heterocycles. The van der Waals surface area contributed by atoms with Gasteiger partial charge in [0.15, 0.2) is 50.3 Å². The molecule has 0 aromatic rings. The molecule has 0 unspecified atom stereocenters. The van der Waals surface area contributed by atoms with E-state index in [2.05, 4.69) is 0 Å². The van der Waals surface area contributed by atoms with Crippen molar-refractivity contribution in [2.24, 2.45) is 0 Å². The maximum absolute atomic E-state index is 11.8. The van der Waals surface area contributed by atoms with Gasteiger partial charge in [0.25, 0.3) is 0 Å². The summed E-state index contributed by atoms with van der Waals surface area (Å²) in [5, 5.41) is 263. The molecule has 11 fully saturated rings. The lowest BCUT2D eigenvalue weighted by Crippen LogP contribution is -2.67. The molecule has 88 heavy (non-hydrogen) atoms. The lowest BCUT2D eigenvalue weighted by Gasteiger charge is -2.49. The minimum absolute atomic E-state index is 0.949. The van der Waals surface area contributed by atoms with Crippen LogP contribution in [0.1, 0.15) is 0 Å². The quantitative estimate of drug-likeness (QED) is 0.0913. The summed E-state index contributed by atoms with van der Waals surface area (Å²) in [6, 6.07) is 0. The third kappa shape index (κ3) is 14.2. The van der Waals surface area contributed by atoms with Crippen molar-refractivity contribution in [3.8, 4) is 0 Å². The molecule has 0 amide bonds. The van der Waals surface area contributed by atoms with Crippen LogP contribution in [0.15, 0.2) is 0 Å². The van der Waals surface area contributed by atoms with Gasteiger partial charge in [-0.1, -0.05) is 0 Å². The van der Waals surface area contributed by atoms with E-state index in [4.69, 9.17) is 75.8 Å². The van der Waals surface area contributed by atoms with Crippen LogP contribution in [0.5, 0.6) is 0 Å². The first-order valence-electron chi connectivity index (χ1n) is 28.1. The van der Waals surface area contributed by atoms with Crippen LogP contribution in [0.25, 0.3) is 0 Å². The van der Waals surface area contributed by atoms with Crippen LogP contribution >= 0.6 is 0 Å². The maximum Gasteiger partial charge on any atom is 0.187 e. The highest BCUT2D eigenvalue weighted by molar-refractivity contribution is 5.01. The van der Waals surface area contributed by atoms with Crippen molar-refractivity contribution in [2.75, 3.05) is 52.9 Å². The predicted octanol–water partition coefficient (Wildman–Crippen LogP) is -17.4. The topological polar surface area (TPSA) is 633 Å². The second kappa shape index (κ2) is 30.0. The summed E-state index contributed by atoms with van der Waals surface area (Å²) in [5.41, 5.74) is 0. The van der Waals surface area contributed by atoms with Crippen LogP contribution in [-0.2, 0) is 75.8 Å². The average Bonchev–Trinajstić information content (AvgIpc) is 1.56. The smallest absolute Gasteiger partial charge is 0.187 e. The molecular formula is C48H80O40. The van der Waals surface area contributed by atoms with Gasteiger partial charge in [0.1, 0.15) is 195 Å². The number of hydrogen-bond donors (Lipinski definition) is 24. The fraction of sp³-hybridized carbons (Fsp3) is 1.00. The Labute approximate surface area is 496 Å². The highest BCUT2D eigenvalue weighted by Gasteiger charge is 2.59. The SMILES string of the molecule is OC[C@H]1O[C@H](O[C@H]2[C@H](O)[C@@H](O)[C@H]3OC[C@H]4O[C@H](O[C@H]5[C@H](O)[C@@H](O)[C@@H](OC[C@H]6O[C@H](O[C@H]7[C@H](O)[C@@H](O)[C@@H](OC[C@H]2O3)O[C@@H]7CO)[C@H](O)[C@@H](O)[C@@H]6O[C@H]2O[C@H](CO)[C@@H](O)[C@H](O)[C@H]2O)O[C@@H]5CO)[C@H](O)[C@@H](O)[C@@H]4O[C@H]2O[C@H](CO)[C@@H](O)[C@H](O)[C@H]2O)[C@H](O)[C@@H](O)[C@@H]1O. The Bertz CT molecular complexity index is 2140. The van der Waals surface area contributed by atoms with Gasteiger partial charge in [0.05, 0.1) is 52.9 Å². The molecule has 0 aromatic carbocycles. The highest BCUT2D eigenvalue weighted by atomic mass is 16.8. The van der Waals surface area contributed by atoms with Gasteiger partial charge >= 0.3 is 0 Å². The van der Waals surface area contributed by atoms with E-state index in [0.717, 1.165) is 0 Å². The fourth-order valence-corrected chi connectivity index (χ4v) is 11.6. The summed E-state index contributed by atoms with van der Waals surface area (Å²) >= 11 is 0. The second-order valence-electron chi connectivity index (χ2n) is 22.6. The molecule has 512 valence electrons. The van der Waals surface area contributed by atoms with E-state index in [-0.39, 0.29) is 0 Å². The van der Waals surface area contributed by atoms with Crippen molar-refractivity contribution >= 4 is 0 Å². The van der Waals surface area contributed by atoms with Crippen molar-refractivity contribution in [1.29, 1.82) is 0 Å². The van der Waals surface area contributed by atoms with Gasteiger partial charge < -0.3 is 198 Å². The Kier molecular flexibility index (Phi) is 24.1. The Morgan fingerprint density at radius 2 is 0.477 bits per heavy atom. The Morgan fingerprint density at radius 1 is 0.227 bits per heavy atom. The third-order valence-corrected chi connectivity index (χ3v) is 16.8. The number of ether oxygens (including phenoxy) is 16. The average molecular weight is 1300 g/mol. The molecule has 0 spiro atoms. The molecule has 24 N–H and O–H groups in total. The van der Waals surface area contributed by atoms with Gasteiger partial charge in [-0.25, -0.2) is 0 Å². The Hall–Kier alpha value is -1.60. The summed E-state index contributed by atoms with van der Waals surface area (Å²) in [6.07, 6.45) is -82.2. The summed E-state index contributed by atoms with van der Waals surface area (Å²) in [4.78, 5) is 0. The Morgan fingerprint density at radius 3 is 0.761 bits per heavy atom. The van der Waals surface area contributed by atoms with E-state index in [1.807, 2.05) is 0 Å². The first-order chi connectivity index (χ1) is 41.8. The minimum Gasteiger partial charge on any atom is -0.394 e. The van der Waals surface area contributed by atoms with E-state index in [1.165, 1.54) is 0 Å².